The summed E-state index contributed by atoms with van der Waals surface area (Å²) in [5.74, 6) is 0.459. The van der Waals surface area contributed by atoms with Crippen molar-refractivity contribution in [3.63, 3.8) is 0 Å². The van der Waals surface area contributed by atoms with E-state index >= 15 is 0 Å². The molecule has 0 aromatic heterocycles. The predicted octanol–water partition coefficient (Wildman–Crippen LogP) is 3.13. The third kappa shape index (κ3) is 4.20. The number of rotatable bonds is 6. The molecule has 0 fully saturated rings. The van der Waals surface area contributed by atoms with Gasteiger partial charge in [-0.25, -0.2) is 0 Å². The van der Waals surface area contributed by atoms with Crippen LogP contribution in [0.1, 0.15) is 26.7 Å². The summed E-state index contributed by atoms with van der Waals surface area (Å²) in [7, 11) is 1.60. The highest BCUT2D eigenvalue weighted by Gasteiger charge is 2.08. The molecule has 0 aliphatic heterocycles. The Labute approximate surface area is 108 Å². The van der Waals surface area contributed by atoms with Crippen LogP contribution in [0.5, 0.6) is 5.75 Å². The van der Waals surface area contributed by atoms with Gasteiger partial charge in [0.15, 0.2) is 0 Å². The molecule has 0 spiro atoms. The Hall–Kier alpha value is -1.84. The van der Waals surface area contributed by atoms with Crippen molar-refractivity contribution >= 4 is 17.4 Å². The molecule has 0 aliphatic carbocycles. The van der Waals surface area contributed by atoms with E-state index in [0.717, 1.165) is 11.4 Å². The molecule has 0 atom stereocenters. The zero-order chi connectivity index (χ0) is 13.4. The summed E-state index contributed by atoms with van der Waals surface area (Å²) in [6.45, 7) is 4.15. The fourth-order valence-electron chi connectivity index (χ4n) is 1.51. The SMILES string of the molecule is CCOC(=O)CC(CC)=Nc1ccccc1OC. The second-order valence-electron chi connectivity index (χ2n) is 3.69. The maximum atomic E-state index is 11.4. The van der Waals surface area contributed by atoms with Gasteiger partial charge in [0.1, 0.15) is 11.4 Å². The van der Waals surface area contributed by atoms with Gasteiger partial charge in [-0.3, -0.25) is 9.79 Å². The molecule has 0 bridgehead atoms. The van der Waals surface area contributed by atoms with Gasteiger partial charge in [-0.2, -0.15) is 0 Å². The lowest BCUT2D eigenvalue weighted by Gasteiger charge is -2.07. The zero-order valence-corrected chi connectivity index (χ0v) is 11.1. The predicted molar refractivity (Wildman–Crippen MR) is 71.6 cm³/mol. The highest BCUT2D eigenvalue weighted by molar-refractivity contribution is 6.00. The zero-order valence-electron chi connectivity index (χ0n) is 11.1. The van der Waals surface area contributed by atoms with Gasteiger partial charge in [0, 0.05) is 5.71 Å². The number of carbonyl (C=O) groups is 1. The smallest absolute Gasteiger partial charge is 0.311 e. The molecule has 98 valence electrons. The number of para-hydroxylation sites is 2. The van der Waals surface area contributed by atoms with Crippen molar-refractivity contribution in [1.82, 2.24) is 0 Å². The van der Waals surface area contributed by atoms with E-state index in [0.29, 0.717) is 18.8 Å². The maximum absolute atomic E-state index is 11.4. The average Bonchev–Trinajstić information content (AvgIpc) is 2.38. The molecule has 0 amide bonds. The molecular formula is C14H19NO3. The molecule has 1 aromatic carbocycles. The van der Waals surface area contributed by atoms with Crippen LogP contribution in [0.3, 0.4) is 0 Å². The number of ether oxygens (including phenoxy) is 2. The molecule has 0 saturated carbocycles. The van der Waals surface area contributed by atoms with Crippen LogP contribution in [0.2, 0.25) is 0 Å². The summed E-state index contributed by atoms with van der Waals surface area (Å²) in [4.78, 5) is 15.9. The minimum Gasteiger partial charge on any atom is -0.494 e. The second kappa shape index (κ2) is 7.48. The number of hydrogen-bond acceptors (Lipinski definition) is 4. The summed E-state index contributed by atoms with van der Waals surface area (Å²) < 4.78 is 10.1. The topological polar surface area (TPSA) is 47.9 Å². The number of esters is 1. The highest BCUT2D eigenvalue weighted by atomic mass is 16.5. The molecule has 0 heterocycles. The van der Waals surface area contributed by atoms with E-state index in [1.54, 1.807) is 14.0 Å². The molecule has 0 N–H and O–H groups in total. The van der Waals surface area contributed by atoms with Crippen LogP contribution in [0, 0.1) is 0 Å². The third-order valence-electron chi connectivity index (χ3n) is 2.43. The Kier molecular flexibility index (Phi) is 5.91. The Bertz CT molecular complexity index is 427. The molecule has 0 unspecified atom stereocenters. The van der Waals surface area contributed by atoms with Gasteiger partial charge in [-0.1, -0.05) is 19.1 Å². The van der Waals surface area contributed by atoms with Crippen LogP contribution < -0.4 is 4.74 Å². The number of aliphatic imine (C=N–C) groups is 1. The third-order valence-corrected chi connectivity index (χ3v) is 2.43. The lowest BCUT2D eigenvalue weighted by atomic mass is 10.2. The summed E-state index contributed by atoms with van der Waals surface area (Å²) in [5.41, 5.74) is 1.53. The second-order valence-corrected chi connectivity index (χ2v) is 3.69. The van der Waals surface area contributed by atoms with Crippen molar-refractivity contribution in [2.75, 3.05) is 13.7 Å². The van der Waals surface area contributed by atoms with Gasteiger partial charge in [-0.15, -0.1) is 0 Å². The summed E-state index contributed by atoms with van der Waals surface area (Å²) in [6.07, 6.45) is 0.930. The van der Waals surface area contributed by atoms with E-state index in [-0.39, 0.29) is 12.4 Å². The maximum Gasteiger partial charge on any atom is 0.311 e. The summed E-state index contributed by atoms with van der Waals surface area (Å²) in [6, 6.07) is 7.48. The van der Waals surface area contributed by atoms with Crippen molar-refractivity contribution in [3.8, 4) is 5.75 Å². The van der Waals surface area contributed by atoms with Crippen LogP contribution in [-0.4, -0.2) is 25.4 Å². The van der Waals surface area contributed by atoms with Crippen LogP contribution in [0.15, 0.2) is 29.3 Å². The van der Waals surface area contributed by atoms with Gasteiger partial charge < -0.3 is 9.47 Å². The van der Waals surface area contributed by atoms with Crippen molar-refractivity contribution in [3.05, 3.63) is 24.3 Å². The van der Waals surface area contributed by atoms with Gasteiger partial charge >= 0.3 is 5.97 Å². The molecule has 0 aliphatic rings. The van der Waals surface area contributed by atoms with Gasteiger partial charge in [-0.05, 0) is 25.5 Å². The monoisotopic (exact) mass is 249 g/mol. The van der Waals surface area contributed by atoms with E-state index in [9.17, 15) is 4.79 Å². The van der Waals surface area contributed by atoms with Crippen LogP contribution in [0.25, 0.3) is 0 Å². The first kappa shape index (κ1) is 14.2. The molecule has 4 heteroatoms. The Morgan fingerprint density at radius 3 is 2.61 bits per heavy atom. The highest BCUT2D eigenvalue weighted by Crippen LogP contribution is 2.27. The van der Waals surface area contributed by atoms with E-state index in [4.69, 9.17) is 9.47 Å². The van der Waals surface area contributed by atoms with Crippen LogP contribution in [0.4, 0.5) is 5.69 Å². The minimum absolute atomic E-state index is 0.225. The largest absolute Gasteiger partial charge is 0.494 e. The molecule has 1 aromatic rings. The average molecular weight is 249 g/mol. The van der Waals surface area contributed by atoms with Crippen molar-refractivity contribution < 1.29 is 14.3 Å². The van der Waals surface area contributed by atoms with Gasteiger partial charge in [0.2, 0.25) is 0 Å². The molecule has 1 rings (SSSR count). The molecular weight excluding hydrogens is 230 g/mol. The van der Waals surface area contributed by atoms with E-state index in [1.165, 1.54) is 0 Å². The van der Waals surface area contributed by atoms with Crippen molar-refractivity contribution in [2.45, 2.75) is 26.7 Å². The molecule has 0 saturated heterocycles. The van der Waals surface area contributed by atoms with Crippen LogP contribution in [-0.2, 0) is 9.53 Å². The van der Waals surface area contributed by atoms with E-state index < -0.39 is 0 Å². The molecule has 4 nitrogen and oxygen atoms in total. The first-order valence-electron chi connectivity index (χ1n) is 6.06. The summed E-state index contributed by atoms with van der Waals surface area (Å²) >= 11 is 0. The molecule has 18 heavy (non-hydrogen) atoms. The quantitative estimate of drug-likeness (QED) is 0.575. The van der Waals surface area contributed by atoms with E-state index in [1.807, 2.05) is 31.2 Å². The van der Waals surface area contributed by atoms with E-state index in [2.05, 4.69) is 4.99 Å². The Balaban J connectivity index is 2.86. The first-order valence-corrected chi connectivity index (χ1v) is 6.06. The minimum atomic E-state index is -0.243. The number of methoxy groups -OCH3 is 1. The number of benzene rings is 1. The Morgan fingerprint density at radius 2 is 2.00 bits per heavy atom. The number of hydrogen-bond donors (Lipinski definition) is 0. The first-order chi connectivity index (χ1) is 8.71. The fourth-order valence-corrected chi connectivity index (χ4v) is 1.51. The van der Waals surface area contributed by atoms with Crippen LogP contribution >= 0.6 is 0 Å². The lowest BCUT2D eigenvalue weighted by Crippen LogP contribution is -2.10. The standard InChI is InChI=1S/C14H19NO3/c1-4-11(10-14(16)18-5-2)15-12-8-6-7-9-13(12)17-3/h6-9H,4-5,10H2,1-3H3. The lowest BCUT2D eigenvalue weighted by molar-refractivity contribution is -0.141. The summed E-state index contributed by atoms with van der Waals surface area (Å²) in [5, 5.41) is 0. The number of nitrogens with zero attached hydrogens (tertiary/aromatic N) is 1. The fraction of sp³-hybridized carbons (Fsp3) is 0.429. The Morgan fingerprint density at radius 1 is 1.28 bits per heavy atom. The van der Waals surface area contributed by atoms with Gasteiger partial charge in [0.05, 0.1) is 20.1 Å². The number of carbonyl (C=O) groups excluding carboxylic acids is 1. The van der Waals surface area contributed by atoms with Crippen molar-refractivity contribution in [1.29, 1.82) is 0 Å². The molecule has 0 radical (unpaired) electrons. The van der Waals surface area contributed by atoms with Gasteiger partial charge in [0.25, 0.3) is 0 Å². The normalized spacial score (nSPS) is 11.2. The van der Waals surface area contributed by atoms with Crippen molar-refractivity contribution in [2.24, 2.45) is 4.99 Å².